The van der Waals surface area contributed by atoms with E-state index in [0.29, 0.717) is 18.3 Å². The number of aliphatic hydroxyl groups is 1. The van der Waals surface area contributed by atoms with E-state index in [2.05, 4.69) is 20.7 Å². The number of nitrogen functional groups attached to an aromatic ring is 1. The molecule has 6 nitrogen and oxygen atoms in total. The molecule has 1 aromatic carbocycles. The molecule has 0 fully saturated rings. The van der Waals surface area contributed by atoms with Gasteiger partial charge in [-0.3, -0.25) is 5.43 Å². The average molecular weight is 261 g/mol. The minimum Gasteiger partial charge on any atom is -0.396 e. The molecule has 0 spiro atoms. The topological polar surface area (TPSA) is 96.1 Å². The van der Waals surface area contributed by atoms with Crippen LogP contribution < -0.4 is 16.6 Å². The third-order valence-electron chi connectivity index (χ3n) is 2.89. The summed E-state index contributed by atoms with van der Waals surface area (Å²) in [6.45, 7) is 4.66. The monoisotopic (exact) mass is 261 g/mol. The number of anilines is 2. The van der Waals surface area contributed by atoms with Crippen molar-refractivity contribution in [2.45, 2.75) is 13.8 Å². The lowest BCUT2D eigenvalue weighted by Crippen LogP contribution is -2.27. The molecule has 0 saturated carbocycles. The molecule has 19 heavy (non-hydrogen) atoms. The Morgan fingerprint density at radius 2 is 2.00 bits per heavy atom. The number of nitrogens with one attached hydrogen (secondary N) is 2. The first kappa shape index (κ1) is 13.5. The highest BCUT2D eigenvalue weighted by Gasteiger charge is 2.17. The second-order valence-electron chi connectivity index (χ2n) is 5.23. The van der Waals surface area contributed by atoms with Gasteiger partial charge in [0.2, 0.25) is 5.95 Å². The number of nitrogens with two attached hydrogens (primary N) is 1. The Bertz CT molecular complexity index is 570. The number of hydrogen-bond donors (Lipinski definition) is 4. The Morgan fingerprint density at radius 1 is 1.26 bits per heavy atom. The van der Waals surface area contributed by atoms with Crippen molar-refractivity contribution in [1.29, 1.82) is 0 Å². The van der Waals surface area contributed by atoms with E-state index in [1.807, 2.05) is 38.1 Å². The molecule has 0 aliphatic rings. The fraction of sp³-hybridized carbons (Fsp3) is 0.385. The molecule has 0 saturated heterocycles. The molecule has 5 N–H and O–H groups in total. The largest absolute Gasteiger partial charge is 0.396 e. The van der Waals surface area contributed by atoms with Crippen molar-refractivity contribution in [3.05, 3.63) is 24.3 Å². The van der Waals surface area contributed by atoms with E-state index in [-0.39, 0.29) is 12.0 Å². The summed E-state index contributed by atoms with van der Waals surface area (Å²) < 4.78 is 0. The molecule has 2 rings (SSSR count). The molecule has 1 heterocycles. The predicted molar refractivity (Wildman–Crippen MR) is 76.7 cm³/mol. The van der Waals surface area contributed by atoms with Gasteiger partial charge in [-0.1, -0.05) is 26.0 Å². The van der Waals surface area contributed by atoms with Crippen molar-refractivity contribution in [1.82, 2.24) is 9.97 Å². The summed E-state index contributed by atoms with van der Waals surface area (Å²) in [5.74, 6) is 6.45. The SMILES string of the molecule is CC(C)(CO)CNc1nc(NN)nc2ccccc12. The molecule has 2 aromatic rings. The van der Waals surface area contributed by atoms with Crippen molar-refractivity contribution >= 4 is 22.7 Å². The number of hydrazine groups is 1. The number of para-hydroxylation sites is 1. The first-order chi connectivity index (χ1) is 9.05. The highest BCUT2D eigenvalue weighted by atomic mass is 16.3. The molecule has 0 bridgehead atoms. The van der Waals surface area contributed by atoms with Crippen LogP contribution >= 0.6 is 0 Å². The molecule has 1 aromatic heterocycles. The van der Waals surface area contributed by atoms with Gasteiger partial charge in [0.15, 0.2) is 0 Å². The summed E-state index contributed by atoms with van der Waals surface area (Å²) in [5.41, 5.74) is 3.05. The predicted octanol–water partition coefficient (Wildman–Crippen LogP) is 1.35. The van der Waals surface area contributed by atoms with Crippen LogP contribution in [0.3, 0.4) is 0 Å². The van der Waals surface area contributed by atoms with Crippen LogP contribution in [0.1, 0.15) is 13.8 Å². The van der Waals surface area contributed by atoms with Crippen LogP contribution in [0.25, 0.3) is 10.9 Å². The fourth-order valence-electron chi connectivity index (χ4n) is 1.65. The number of aliphatic hydroxyl groups excluding tert-OH is 1. The van der Waals surface area contributed by atoms with E-state index in [1.165, 1.54) is 0 Å². The number of fused-ring (bicyclic) bond motifs is 1. The van der Waals surface area contributed by atoms with Crippen molar-refractivity contribution in [2.75, 3.05) is 23.9 Å². The Balaban J connectivity index is 2.35. The first-order valence-electron chi connectivity index (χ1n) is 6.14. The minimum atomic E-state index is -0.220. The normalized spacial score (nSPS) is 11.6. The van der Waals surface area contributed by atoms with Crippen LogP contribution in [-0.2, 0) is 0 Å². The van der Waals surface area contributed by atoms with E-state index in [4.69, 9.17) is 5.84 Å². The summed E-state index contributed by atoms with van der Waals surface area (Å²) in [6.07, 6.45) is 0. The number of nitrogens with zero attached hydrogens (tertiary/aromatic N) is 2. The van der Waals surface area contributed by atoms with Crippen LogP contribution in [0.15, 0.2) is 24.3 Å². The molecule has 0 radical (unpaired) electrons. The first-order valence-corrected chi connectivity index (χ1v) is 6.14. The Morgan fingerprint density at radius 3 is 2.68 bits per heavy atom. The highest BCUT2D eigenvalue weighted by Crippen LogP contribution is 2.23. The maximum absolute atomic E-state index is 9.28. The van der Waals surface area contributed by atoms with Crippen LogP contribution in [0.2, 0.25) is 0 Å². The average Bonchev–Trinajstić information content (AvgIpc) is 2.44. The number of benzene rings is 1. The summed E-state index contributed by atoms with van der Waals surface area (Å²) >= 11 is 0. The lowest BCUT2D eigenvalue weighted by atomic mass is 9.95. The van der Waals surface area contributed by atoms with E-state index in [1.54, 1.807) is 0 Å². The van der Waals surface area contributed by atoms with E-state index < -0.39 is 0 Å². The Hall–Kier alpha value is -1.92. The molecule has 0 unspecified atom stereocenters. The van der Waals surface area contributed by atoms with E-state index in [9.17, 15) is 5.11 Å². The lowest BCUT2D eigenvalue weighted by molar-refractivity contribution is 0.171. The smallest absolute Gasteiger partial charge is 0.239 e. The third kappa shape index (κ3) is 3.10. The number of hydrogen-bond acceptors (Lipinski definition) is 6. The lowest BCUT2D eigenvalue weighted by Gasteiger charge is -2.22. The van der Waals surface area contributed by atoms with E-state index >= 15 is 0 Å². The summed E-state index contributed by atoms with van der Waals surface area (Å²) in [4.78, 5) is 8.60. The third-order valence-corrected chi connectivity index (χ3v) is 2.89. The molecule has 0 atom stereocenters. The molecule has 0 aliphatic carbocycles. The van der Waals surface area contributed by atoms with Gasteiger partial charge in [0.25, 0.3) is 0 Å². The van der Waals surface area contributed by atoms with Crippen molar-refractivity contribution in [3.8, 4) is 0 Å². The van der Waals surface area contributed by atoms with Crippen molar-refractivity contribution < 1.29 is 5.11 Å². The zero-order chi connectivity index (χ0) is 13.9. The molecule has 0 aliphatic heterocycles. The second-order valence-corrected chi connectivity index (χ2v) is 5.23. The van der Waals surface area contributed by atoms with Crippen LogP contribution in [0.4, 0.5) is 11.8 Å². The van der Waals surface area contributed by atoms with Gasteiger partial charge in [-0.25, -0.2) is 10.8 Å². The van der Waals surface area contributed by atoms with Gasteiger partial charge in [-0.2, -0.15) is 4.98 Å². The van der Waals surface area contributed by atoms with Crippen LogP contribution in [0.5, 0.6) is 0 Å². The number of rotatable bonds is 5. The molecule has 102 valence electrons. The zero-order valence-corrected chi connectivity index (χ0v) is 11.1. The molecule has 0 amide bonds. The fourth-order valence-corrected chi connectivity index (χ4v) is 1.65. The standard InChI is InChI=1S/C13H19N5O/c1-13(2,8-19)7-15-11-9-5-3-4-6-10(9)16-12(17-11)18-14/h3-6,19H,7-8,14H2,1-2H3,(H2,15,16,17,18). The van der Waals surface area contributed by atoms with Gasteiger partial charge in [-0.15, -0.1) is 0 Å². The Kier molecular flexibility index (Phi) is 3.82. The zero-order valence-electron chi connectivity index (χ0n) is 11.1. The number of aromatic nitrogens is 2. The second kappa shape index (κ2) is 5.38. The minimum absolute atomic E-state index is 0.102. The van der Waals surface area contributed by atoms with Crippen molar-refractivity contribution in [2.24, 2.45) is 11.3 Å². The summed E-state index contributed by atoms with van der Waals surface area (Å²) in [5, 5.41) is 13.5. The van der Waals surface area contributed by atoms with Crippen LogP contribution in [0, 0.1) is 5.41 Å². The molecule has 6 heteroatoms. The molecular formula is C13H19N5O. The summed E-state index contributed by atoms with van der Waals surface area (Å²) in [6, 6.07) is 7.70. The maximum atomic E-state index is 9.28. The van der Waals surface area contributed by atoms with E-state index in [0.717, 1.165) is 10.9 Å². The summed E-state index contributed by atoms with van der Waals surface area (Å²) in [7, 11) is 0. The van der Waals surface area contributed by atoms with Crippen molar-refractivity contribution in [3.63, 3.8) is 0 Å². The van der Waals surface area contributed by atoms with Gasteiger partial charge in [0.1, 0.15) is 5.82 Å². The van der Waals surface area contributed by atoms with Gasteiger partial charge in [-0.05, 0) is 12.1 Å². The maximum Gasteiger partial charge on any atom is 0.239 e. The van der Waals surface area contributed by atoms with Gasteiger partial charge in [0, 0.05) is 24.0 Å². The van der Waals surface area contributed by atoms with Crippen LogP contribution in [-0.4, -0.2) is 28.2 Å². The molecular weight excluding hydrogens is 242 g/mol. The highest BCUT2D eigenvalue weighted by molar-refractivity contribution is 5.89. The van der Waals surface area contributed by atoms with Gasteiger partial charge >= 0.3 is 0 Å². The van der Waals surface area contributed by atoms with Gasteiger partial charge in [0.05, 0.1) is 5.52 Å². The Labute approximate surface area is 112 Å². The van der Waals surface area contributed by atoms with Gasteiger partial charge < -0.3 is 10.4 Å². The quantitative estimate of drug-likeness (QED) is 0.479.